The predicted molar refractivity (Wildman–Crippen MR) is 75.2 cm³/mol. The second kappa shape index (κ2) is 7.44. The summed E-state index contributed by atoms with van der Waals surface area (Å²) in [6, 6.07) is 5.87. The van der Waals surface area contributed by atoms with Gasteiger partial charge in [0.05, 0.1) is 11.6 Å². The minimum atomic E-state index is 0.671. The second-order valence-corrected chi connectivity index (χ2v) is 4.80. The Balaban J connectivity index is 2.55. The molecule has 1 N–H and O–H groups in total. The van der Waals surface area contributed by atoms with Gasteiger partial charge < -0.3 is 10.1 Å². The topological polar surface area (TPSA) is 21.3 Å². The van der Waals surface area contributed by atoms with Gasteiger partial charge in [0.2, 0.25) is 0 Å². The third-order valence-corrected chi connectivity index (χ3v) is 3.04. The molecule has 0 spiro atoms. The van der Waals surface area contributed by atoms with Gasteiger partial charge in [-0.1, -0.05) is 38.8 Å². The summed E-state index contributed by atoms with van der Waals surface area (Å²) in [5.41, 5.74) is 1.05. The Morgan fingerprint density at radius 1 is 1.35 bits per heavy atom. The first-order chi connectivity index (χ1) is 8.17. The number of hydrogen-bond acceptors (Lipinski definition) is 2. The Bertz CT molecular complexity index is 341. The van der Waals surface area contributed by atoms with Gasteiger partial charge in [0.25, 0.3) is 0 Å². The molecule has 0 aliphatic rings. The second-order valence-electron chi connectivity index (χ2n) is 4.39. The van der Waals surface area contributed by atoms with E-state index in [1.807, 2.05) is 18.2 Å². The number of benzene rings is 1. The minimum Gasteiger partial charge on any atom is -0.492 e. The molecule has 3 heteroatoms. The molecule has 1 aromatic rings. The number of hydrogen-bond donors (Lipinski definition) is 1. The molecule has 1 rings (SSSR count). The molecule has 17 heavy (non-hydrogen) atoms. The van der Waals surface area contributed by atoms with Crippen molar-refractivity contribution in [2.45, 2.75) is 33.6 Å². The molecule has 0 heterocycles. The Morgan fingerprint density at radius 3 is 2.71 bits per heavy atom. The van der Waals surface area contributed by atoms with Crippen molar-refractivity contribution in [1.82, 2.24) is 0 Å². The smallest absolute Gasteiger partial charge is 0.138 e. The molecular formula is C14H22ClNO. The fourth-order valence-corrected chi connectivity index (χ4v) is 1.61. The molecule has 0 fully saturated rings. The van der Waals surface area contributed by atoms with Gasteiger partial charge in [-0.2, -0.15) is 0 Å². The van der Waals surface area contributed by atoms with Gasteiger partial charge in [0.1, 0.15) is 5.75 Å². The van der Waals surface area contributed by atoms with E-state index in [0.717, 1.165) is 24.4 Å². The molecule has 0 bridgehead atoms. The maximum atomic E-state index is 6.15. The van der Waals surface area contributed by atoms with Gasteiger partial charge in [0, 0.05) is 12.2 Å². The van der Waals surface area contributed by atoms with E-state index in [1.54, 1.807) is 0 Å². The largest absolute Gasteiger partial charge is 0.492 e. The third-order valence-electron chi connectivity index (χ3n) is 2.75. The van der Waals surface area contributed by atoms with Crippen molar-refractivity contribution in [2.75, 3.05) is 18.5 Å². The normalized spacial score (nSPS) is 12.2. The average molecular weight is 256 g/mol. The van der Waals surface area contributed by atoms with Crippen LogP contribution >= 0.6 is 11.6 Å². The molecule has 96 valence electrons. The molecule has 0 radical (unpaired) electrons. The molecule has 0 aliphatic carbocycles. The quantitative estimate of drug-likeness (QED) is 0.770. The molecule has 1 atom stereocenters. The zero-order chi connectivity index (χ0) is 12.7. The van der Waals surface area contributed by atoms with Crippen molar-refractivity contribution in [3.05, 3.63) is 23.2 Å². The lowest BCUT2D eigenvalue weighted by molar-refractivity contribution is 0.317. The Labute approximate surface area is 109 Å². The Hall–Kier alpha value is -0.890. The van der Waals surface area contributed by atoms with Crippen molar-refractivity contribution in [2.24, 2.45) is 5.92 Å². The van der Waals surface area contributed by atoms with E-state index in [2.05, 4.69) is 26.1 Å². The number of ether oxygens (including phenoxy) is 1. The van der Waals surface area contributed by atoms with Crippen molar-refractivity contribution < 1.29 is 4.74 Å². The maximum Gasteiger partial charge on any atom is 0.138 e. The van der Waals surface area contributed by atoms with Crippen LogP contribution in [-0.4, -0.2) is 13.2 Å². The van der Waals surface area contributed by atoms with Gasteiger partial charge in [-0.3, -0.25) is 0 Å². The van der Waals surface area contributed by atoms with Crippen LogP contribution in [0.5, 0.6) is 5.75 Å². The number of anilines is 1. The zero-order valence-corrected chi connectivity index (χ0v) is 11.7. The summed E-state index contributed by atoms with van der Waals surface area (Å²) in [6.07, 6.45) is 2.17. The van der Waals surface area contributed by atoms with Gasteiger partial charge in [-0.05, 0) is 30.5 Å². The molecule has 0 aromatic heterocycles. The van der Waals surface area contributed by atoms with E-state index >= 15 is 0 Å². The van der Waals surface area contributed by atoms with E-state index in [0.29, 0.717) is 17.5 Å². The van der Waals surface area contributed by atoms with Crippen LogP contribution in [0.1, 0.15) is 33.6 Å². The van der Waals surface area contributed by atoms with Crippen LogP contribution in [0.15, 0.2) is 18.2 Å². The molecule has 1 unspecified atom stereocenters. The van der Waals surface area contributed by atoms with Gasteiger partial charge in [-0.25, -0.2) is 0 Å². The lowest BCUT2D eigenvalue weighted by Crippen LogP contribution is -2.10. The summed E-state index contributed by atoms with van der Waals surface area (Å²) < 4.78 is 5.53. The lowest BCUT2D eigenvalue weighted by atomic mass is 10.1. The molecule has 0 amide bonds. The van der Waals surface area contributed by atoms with Crippen molar-refractivity contribution in [3.63, 3.8) is 0 Å². The Morgan fingerprint density at radius 2 is 2.12 bits per heavy atom. The highest BCUT2D eigenvalue weighted by molar-refractivity contribution is 6.32. The molecule has 1 aromatic carbocycles. The fourth-order valence-electron chi connectivity index (χ4n) is 1.38. The first-order valence-electron chi connectivity index (χ1n) is 6.33. The summed E-state index contributed by atoms with van der Waals surface area (Å²) in [7, 11) is 0. The predicted octanol–water partition coefficient (Wildman–Crippen LogP) is 4.59. The first kappa shape index (κ1) is 14.2. The van der Waals surface area contributed by atoms with Crippen LogP contribution in [-0.2, 0) is 0 Å². The van der Waals surface area contributed by atoms with E-state index in [-0.39, 0.29) is 0 Å². The van der Waals surface area contributed by atoms with Crippen LogP contribution in [0.25, 0.3) is 0 Å². The highest BCUT2D eigenvalue weighted by Crippen LogP contribution is 2.27. The van der Waals surface area contributed by atoms with Crippen molar-refractivity contribution in [3.8, 4) is 5.75 Å². The van der Waals surface area contributed by atoms with Crippen LogP contribution in [0.3, 0.4) is 0 Å². The molecule has 0 saturated heterocycles. The monoisotopic (exact) mass is 255 g/mol. The fraction of sp³-hybridized carbons (Fsp3) is 0.571. The lowest BCUT2D eigenvalue weighted by Gasteiger charge is -2.13. The van der Waals surface area contributed by atoms with Crippen LogP contribution in [0, 0.1) is 5.92 Å². The molecule has 2 nitrogen and oxygen atoms in total. The van der Waals surface area contributed by atoms with E-state index in [9.17, 15) is 0 Å². The summed E-state index contributed by atoms with van der Waals surface area (Å²) in [4.78, 5) is 0. The van der Waals surface area contributed by atoms with Crippen LogP contribution in [0.2, 0.25) is 5.02 Å². The molecule has 0 saturated carbocycles. The maximum absolute atomic E-state index is 6.15. The van der Waals surface area contributed by atoms with Crippen LogP contribution in [0.4, 0.5) is 5.69 Å². The summed E-state index contributed by atoms with van der Waals surface area (Å²) in [6.45, 7) is 8.19. The zero-order valence-electron chi connectivity index (χ0n) is 10.9. The molecular weight excluding hydrogens is 234 g/mol. The Kier molecular flexibility index (Phi) is 6.20. The number of rotatable bonds is 7. The number of nitrogens with one attached hydrogen (secondary N) is 1. The minimum absolute atomic E-state index is 0.671. The van der Waals surface area contributed by atoms with Gasteiger partial charge >= 0.3 is 0 Å². The highest BCUT2D eigenvalue weighted by Gasteiger charge is 2.04. The first-order valence-corrected chi connectivity index (χ1v) is 6.71. The number of halogens is 1. The highest BCUT2D eigenvalue weighted by atomic mass is 35.5. The van der Waals surface area contributed by atoms with Crippen molar-refractivity contribution in [1.29, 1.82) is 0 Å². The SMILES string of the molecule is CCCOc1ccc(NCC(C)CC)cc1Cl. The van der Waals surface area contributed by atoms with E-state index in [1.165, 1.54) is 6.42 Å². The van der Waals surface area contributed by atoms with Crippen molar-refractivity contribution >= 4 is 17.3 Å². The van der Waals surface area contributed by atoms with E-state index < -0.39 is 0 Å². The average Bonchev–Trinajstić information content (AvgIpc) is 2.34. The summed E-state index contributed by atoms with van der Waals surface area (Å²) >= 11 is 6.15. The molecule has 0 aliphatic heterocycles. The van der Waals surface area contributed by atoms with Gasteiger partial charge in [-0.15, -0.1) is 0 Å². The standard InChI is InChI=1S/C14H22ClNO/c1-4-8-17-14-7-6-12(9-13(14)15)16-10-11(3)5-2/h6-7,9,11,16H,4-5,8,10H2,1-3H3. The summed E-state index contributed by atoms with van der Waals surface area (Å²) in [5, 5.41) is 4.05. The third kappa shape index (κ3) is 4.86. The van der Waals surface area contributed by atoms with Crippen LogP contribution < -0.4 is 10.1 Å². The van der Waals surface area contributed by atoms with E-state index in [4.69, 9.17) is 16.3 Å². The van der Waals surface area contributed by atoms with Gasteiger partial charge in [0.15, 0.2) is 0 Å². The summed E-state index contributed by atoms with van der Waals surface area (Å²) in [5.74, 6) is 1.44.